The third kappa shape index (κ3) is 5.27. The van der Waals surface area contributed by atoms with Crippen LogP contribution in [0.5, 0.6) is 0 Å². The van der Waals surface area contributed by atoms with E-state index in [4.69, 9.17) is 0 Å². The Hall–Kier alpha value is -0.0800. The van der Waals surface area contributed by atoms with Crippen LogP contribution < -0.4 is 5.32 Å². The lowest BCUT2D eigenvalue weighted by atomic mass is 10.1. The minimum atomic E-state index is 0.639. The highest BCUT2D eigenvalue weighted by Gasteiger charge is 2.12. The largest absolute Gasteiger partial charge is 0.314 e. The van der Waals surface area contributed by atoms with E-state index in [1.54, 1.807) is 0 Å². The van der Waals surface area contributed by atoms with Gasteiger partial charge in [0.15, 0.2) is 0 Å². The molecule has 0 aromatic heterocycles. The van der Waals surface area contributed by atoms with Crippen LogP contribution in [0.4, 0.5) is 0 Å². The van der Waals surface area contributed by atoms with Crippen molar-refractivity contribution in [2.45, 2.75) is 53.1 Å². The molecule has 0 aliphatic carbocycles. The summed E-state index contributed by atoms with van der Waals surface area (Å²) in [4.78, 5) is 2.51. The molecule has 0 rings (SSSR count). The fourth-order valence-corrected chi connectivity index (χ4v) is 1.94. The topological polar surface area (TPSA) is 15.3 Å². The van der Waals surface area contributed by atoms with Gasteiger partial charge in [0, 0.05) is 12.1 Å². The molecule has 0 heterocycles. The van der Waals surface area contributed by atoms with E-state index in [1.165, 1.54) is 6.42 Å². The molecule has 0 saturated carbocycles. The average Bonchev–Trinajstić information content (AvgIpc) is 2.06. The van der Waals surface area contributed by atoms with Crippen molar-refractivity contribution >= 4 is 0 Å². The summed E-state index contributed by atoms with van der Waals surface area (Å²) in [5, 5.41) is 3.45. The van der Waals surface area contributed by atoms with Gasteiger partial charge < -0.3 is 10.2 Å². The van der Waals surface area contributed by atoms with Crippen molar-refractivity contribution in [1.29, 1.82) is 0 Å². The molecule has 0 aliphatic rings. The maximum absolute atomic E-state index is 3.45. The molecule has 0 bridgehead atoms. The second kappa shape index (κ2) is 7.34. The van der Waals surface area contributed by atoms with Crippen LogP contribution in [0.25, 0.3) is 0 Å². The maximum Gasteiger partial charge on any atom is 0.00813 e. The van der Waals surface area contributed by atoms with Crippen molar-refractivity contribution in [2.24, 2.45) is 0 Å². The summed E-state index contributed by atoms with van der Waals surface area (Å²) in [5.41, 5.74) is 0. The van der Waals surface area contributed by atoms with Crippen LogP contribution in [0.3, 0.4) is 0 Å². The van der Waals surface area contributed by atoms with Crippen molar-refractivity contribution in [3.8, 4) is 0 Å². The molecule has 2 nitrogen and oxygen atoms in total. The molecule has 0 radical (unpaired) electrons. The number of hydrogen-bond acceptors (Lipinski definition) is 2. The highest BCUT2D eigenvalue weighted by atomic mass is 15.1. The van der Waals surface area contributed by atoms with Crippen LogP contribution in [0.15, 0.2) is 0 Å². The maximum atomic E-state index is 3.45. The summed E-state index contributed by atoms with van der Waals surface area (Å²) in [6, 6.07) is 1.34. The molecule has 2 atom stereocenters. The van der Waals surface area contributed by atoms with E-state index in [0.717, 1.165) is 19.6 Å². The Bertz CT molecular complexity index is 111. The number of nitrogens with zero attached hydrogens (tertiary/aromatic N) is 1. The average molecular weight is 186 g/mol. The Morgan fingerprint density at radius 1 is 1.08 bits per heavy atom. The monoisotopic (exact) mass is 186 g/mol. The standard InChI is InChI=1S/C11H26N2/c1-6-12-10(4)9-11(5)13(7-2)8-3/h10-12H,6-9H2,1-5H3. The van der Waals surface area contributed by atoms with Crippen LogP contribution >= 0.6 is 0 Å². The molecule has 0 spiro atoms. The van der Waals surface area contributed by atoms with Crippen molar-refractivity contribution in [2.75, 3.05) is 19.6 Å². The zero-order chi connectivity index (χ0) is 10.3. The van der Waals surface area contributed by atoms with E-state index in [-0.39, 0.29) is 0 Å². The van der Waals surface area contributed by atoms with E-state index in [0.29, 0.717) is 12.1 Å². The lowest BCUT2D eigenvalue weighted by Gasteiger charge is -2.28. The molecule has 0 aromatic carbocycles. The van der Waals surface area contributed by atoms with Crippen molar-refractivity contribution in [3.05, 3.63) is 0 Å². The van der Waals surface area contributed by atoms with Gasteiger partial charge in [0.1, 0.15) is 0 Å². The summed E-state index contributed by atoms with van der Waals surface area (Å²) in [5.74, 6) is 0. The van der Waals surface area contributed by atoms with Crippen LogP contribution in [0.1, 0.15) is 41.0 Å². The first-order valence-electron chi connectivity index (χ1n) is 5.63. The molecular formula is C11H26N2. The van der Waals surface area contributed by atoms with Gasteiger partial charge in [-0.1, -0.05) is 20.8 Å². The lowest BCUT2D eigenvalue weighted by molar-refractivity contribution is 0.208. The number of rotatable bonds is 7. The predicted molar refractivity (Wildman–Crippen MR) is 60.1 cm³/mol. The minimum Gasteiger partial charge on any atom is -0.314 e. The van der Waals surface area contributed by atoms with Gasteiger partial charge in [0.05, 0.1) is 0 Å². The van der Waals surface area contributed by atoms with Gasteiger partial charge in [-0.3, -0.25) is 0 Å². The quantitative estimate of drug-likeness (QED) is 0.655. The molecule has 13 heavy (non-hydrogen) atoms. The van der Waals surface area contributed by atoms with E-state index >= 15 is 0 Å². The van der Waals surface area contributed by atoms with E-state index < -0.39 is 0 Å². The molecule has 0 amide bonds. The van der Waals surface area contributed by atoms with Crippen LogP contribution in [-0.4, -0.2) is 36.6 Å². The first kappa shape index (κ1) is 12.9. The fraction of sp³-hybridized carbons (Fsp3) is 1.00. The Labute approximate surface area is 83.7 Å². The van der Waals surface area contributed by atoms with Gasteiger partial charge in [-0.2, -0.15) is 0 Å². The highest BCUT2D eigenvalue weighted by Crippen LogP contribution is 2.05. The summed E-state index contributed by atoms with van der Waals surface area (Å²) >= 11 is 0. The van der Waals surface area contributed by atoms with Crippen LogP contribution in [0, 0.1) is 0 Å². The summed E-state index contributed by atoms with van der Waals surface area (Å²) in [6.07, 6.45) is 1.25. The smallest absolute Gasteiger partial charge is 0.00813 e. The second-order valence-corrected chi connectivity index (χ2v) is 3.76. The SMILES string of the molecule is CCNC(C)CC(C)N(CC)CC. The van der Waals surface area contributed by atoms with Gasteiger partial charge in [-0.05, 0) is 39.9 Å². The van der Waals surface area contributed by atoms with E-state index in [1.807, 2.05) is 0 Å². The Balaban J connectivity index is 3.75. The van der Waals surface area contributed by atoms with Crippen molar-refractivity contribution in [1.82, 2.24) is 10.2 Å². The molecule has 0 saturated heterocycles. The third-order valence-corrected chi connectivity index (χ3v) is 2.68. The van der Waals surface area contributed by atoms with Gasteiger partial charge in [0.2, 0.25) is 0 Å². The summed E-state index contributed by atoms with van der Waals surface area (Å²) in [6.45, 7) is 14.6. The van der Waals surface area contributed by atoms with Crippen molar-refractivity contribution in [3.63, 3.8) is 0 Å². The molecule has 0 aromatic rings. The molecule has 0 fully saturated rings. The Morgan fingerprint density at radius 2 is 1.62 bits per heavy atom. The first-order valence-corrected chi connectivity index (χ1v) is 5.63. The van der Waals surface area contributed by atoms with Gasteiger partial charge in [-0.15, -0.1) is 0 Å². The molecule has 1 N–H and O–H groups in total. The third-order valence-electron chi connectivity index (χ3n) is 2.68. The molecule has 80 valence electrons. The van der Waals surface area contributed by atoms with Crippen LogP contribution in [-0.2, 0) is 0 Å². The minimum absolute atomic E-state index is 0.639. The van der Waals surface area contributed by atoms with Gasteiger partial charge in [-0.25, -0.2) is 0 Å². The van der Waals surface area contributed by atoms with Crippen molar-refractivity contribution < 1.29 is 0 Å². The van der Waals surface area contributed by atoms with Crippen LogP contribution in [0.2, 0.25) is 0 Å². The Morgan fingerprint density at radius 3 is 2.00 bits per heavy atom. The normalized spacial score (nSPS) is 16.2. The molecular weight excluding hydrogens is 160 g/mol. The van der Waals surface area contributed by atoms with E-state index in [2.05, 4.69) is 44.8 Å². The number of nitrogens with one attached hydrogen (secondary N) is 1. The Kier molecular flexibility index (Phi) is 7.29. The van der Waals surface area contributed by atoms with E-state index in [9.17, 15) is 0 Å². The fourth-order valence-electron chi connectivity index (χ4n) is 1.94. The van der Waals surface area contributed by atoms with Gasteiger partial charge in [0.25, 0.3) is 0 Å². The second-order valence-electron chi connectivity index (χ2n) is 3.76. The predicted octanol–water partition coefficient (Wildman–Crippen LogP) is 2.10. The summed E-state index contributed by atoms with van der Waals surface area (Å²) in [7, 11) is 0. The molecule has 2 unspecified atom stereocenters. The first-order chi connectivity index (χ1) is 6.15. The zero-order valence-corrected chi connectivity index (χ0v) is 9.93. The molecule has 0 aliphatic heterocycles. The number of hydrogen-bond donors (Lipinski definition) is 1. The zero-order valence-electron chi connectivity index (χ0n) is 9.93. The lowest BCUT2D eigenvalue weighted by Crippen LogP contribution is -2.38. The summed E-state index contributed by atoms with van der Waals surface area (Å²) < 4.78 is 0. The van der Waals surface area contributed by atoms with Gasteiger partial charge >= 0.3 is 0 Å². The highest BCUT2D eigenvalue weighted by molar-refractivity contribution is 4.71. The molecule has 2 heteroatoms.